The Morgan fingerprint density at radius 1 is 1.21 bits per heavy atom. The molecule has 0 aliphatic carbocycles. The summed E-state index contributed by atoms with van der Waals surface area (Å²) in [5, 5.41) is 3.38. The largest absolute Gasteiger partial charge is 0.494 e. The van der Waals surface area contributed by atoms with E-state index in [1.807, 2.05) is 50.2 Å². The van der Waals surface area contributed by atoms with E-state index in [2.05, 4.69) is 12.2 Å². The Hall–Kier alpha value is -2.26. The number of halogens is 1. The molecule has 24 heavy (non-hydrogen) atoms. The summed E-state index contributed by atoms with van der Waals surface area (Å²) in [6.45, 7) is 6.66. The summed E-state index contributed by atoms with van der Waals surface area (Å²) in [5.41, 5.74) is 3.59. The van der Waals surface area contributed by atoms with Gasteiger partial charge in [0.15, 0.2) is 0 Å². The van der Waals surface area contributed by atoms with E-state index >= 15 is 0 Å². The van der Waals surface area contributed by atoms with Gasteiger partial charge >= 0.3 is 0 Å². The highest BCUT2D eigenvalue weighted by Gasteiger charge is 2.07. The van der Waals surface area contributed by atoms with Crippen LogP contribution < -0.4 is 10.1 Å². The molecule has 1 amide bonds. The lowest BCUT2D eigenvalue weighted by Gasteiger charge is -2.10. The summed E-state index contributed by atoms with van der Waals surface area (Å²) >= 11 is 6.20. The fourth-order valence-electron chi connectivity index (χ4n) is 2.31. The minimum atomic E-state index is -0.213. The average Bonchev–Trinajstić information content (AvgIpc) is 2.55. The standard InChI is InChI=1S/C20H22ClNO2/c1-4-11-24-17-8-5-16(6-9-17)7-10-19(23)22-20-15(3)12-14(2)13-18(20)21/h5-10,12-13H,4,11H2,1-3H3,(H,22,23). The SMILES string of the molecule is CCCOc1ccc(C=CC(=O)Nc2c(C)cc(C)cc2Cl)cc1. The molecule has 0 heterocycles. The molecular weight excluding hydrogens is 322 g/mol. The van der Waals surface area contributed by atoms with Crippen LogP contribution in [0.1, 0.15) is 30.0 Å². The van der Waals surface area contributed by atoms with Gasteiger partial charge in [0.2, 0.25) is 5.91 Å². The van der Waals surface area contributed by atoms with Crippen molar-refractivity contribution in [1.29, 1.82) is 0 Å². The van der Waals surface area contributed by atoms with Crippen molar-refractivity contribution in [2.24, 2.45) is 0 Å². The molecule has 0 spiro atoms. The molecule has 1 N–H and O–H groups in total. The van der Waals surface area contributed by atoms with Crippen LogP contribution in [-0.2, 0) is 4.79 Å². The Bertz CT molecular complexity index is 713. The Kier molecular flexibility index (Phi) is 6.44. The number of amides is 1. The molecule has 0 unspecified atom stereocenters. The van der Waals surface area contributed by atoms with E-state index in [4.69, 9.17) is 16.3 Å². The van der Waals surface area contributed by atoms with Gasteiger partial charge in [0.05, 0.1) is 17.3 Å². The number of rotatable bonds is 6. The third-order valence-corrected chi connectivity index (χ3v) is 3.76. The number of ether oxygens (including phenoxy) is 1. The van der Waals surface area contributed by atoms with Crippen LogP contribution in [0.25, 0.3) is 6.08 Å². The molecule has 2 rings (SSSR count). The van der Waals surface area contributed by atoms with Gasteiger partial charge in [-0.05, 0) is 61.2 Å². The predicted octanol–water partition coefficient (Wildman–Crippen LogP) is 5.40. The van der Waals surface area contributed by atoms with E-state index in [-0.39, 0.29) is 5.91 Å². The van der Waals surface area contributed by atoms with Crippen molar-refractivity contribution in [2.45, 2.75) is 27.2 Å². The van der Waals surface area contributed by atoms with Crippen LogP contribution in [0.5, 0.6) is 5.75 Å². The molecule has 4 heteroatoms. The second-order valence-electron chi connectivity index (χ2n) is 5.68. The molecule has 0 aliphatic heterocycles. The van der Waals surface area contributed by atoms with E-state index < -0.39 is 0 Å². The van der Waals surface area contributed by atoms with Crippen LogP contribution in [0, 0.1) is 13.8 Å². The first-order valence-corrected chi connectivity index (χ1v) is 8.36. The molecule has 2 aromatic rings. The topological polar surface area (TPSA) is 38.3 Å². The molecule has 0 atom stereocenters. The van der Waals surface area contributed by atoms with Crippen molar-refractivity contribution in [3.05, 3.63) is 64.2 Å². The molecule has 0 saturated heterocycles. The number of carbonyl (C=O) groups is 1. The zero-order valence-corrected chi connectivity index (χ0v) is 15.0. The maximum Gasteiger partial charge on any atom is 0.248 e. The van der Waals surface area contributed by atoms with Gasteiger partial charge in [-0.2, -0.15) is 0 Å². The van der Waals surface area contributed by atoms with Crippen molar-refractivity contribution in [3.8, 4) is 5.75 Å². The van der Waals surface area contributed by atoms with Crippen molar-refractivity contribution in [3.63, 3.8) is 0 Å². The minimum absolute atomic E-state index is 0.213. The fourth-order valence-corrected chi connectivity index (χ4v) is 2.67. The summed E-state index contributed by atoms with van der Waals surface area (Å²) in [4.78, 5) is 12.1. The lowest BCUT2D eigenvalue weighted by molar-refractivity contribution is -0.111. The number of carbonyl (C=O) groups excluding carboxylic acids is 1. The number of aryl methyl sites for hydroxylation is 2. The average molecular weight is 344 g/mol. The maximum atomic E-state index is 12.1. The fraction of sp³-hybridized carbons (Fsp3) is 0.250. The Labute approximate surface area is 148 Å². The number of hydrogen-bond donors (Lipinski definition) is 1. The second kappa shape index (κ2) is 8.55. The van der Waals surface area contributed by atoms with Gasteiger partial charge in [-0.3, -0.25) is 4.79 Å². The van der Waals surface area contributed by atoms with Crippen molar-refractivity contribution in [2.75, 3.05) is 11.9 Å². The van der Waals surface area contributed by atoms with Gasteiger partial charge in [0, 0.05) is 6.08 Å². The Balaban J connectivity index is 2.00. The van der Waals surface area contributed by atoms with Crippen LogP contribution in [0.15, 0.2) is 42.5 Å². The second-order valence-corrected chi connectivity index (χ2v) is 6.09. The molecule has 0 saturated carbocycles. The molecule has 126 valence electrons. The quantitative estimate of drug-likeness (QED) is 0.713. The molecule has 2 aromatic carbocycles. The van der Waals surface area contributed by atoms with Crippen molar-refractivity contribution in [1.82, 2.24) is 0 Å². The Morgan fingerprint density at radius 3 is 2.54 bits per heavy atom. The normalized spacial score (nSPS) is 10.8. The van der Waals surface area contributed by atoms with Crippen LogP contribution in [-0.4, -0.2) is 12.5 Å². The first kappa shape index (κ1) is 18.1. The highest BCUT2D eigenvalue weighted by molar-refractivity contribution is 6.34. The molecule has 3 nitrogen and oxygen atoms in total. The zero-order chi connectivity index (χ0) is 17.5. The van der Waals surface area contributed by atoms with Gasteiger partial charge < -0.3 is 10.1 Å². The lowest BCUT2D eigenvalue weighted by Crippen LogP contribution is -2.09. The maximum absolute atomic E-state index is 12.1. The highest BCUT2D eigenvalue weighted by atomic mass is 35.5. The van der Waals surface area contributed by atoms with Gasteiger partial charge in [0.1, 0.15) is 5.75 Å². The first-order valence-electron chi connectivity index (χ1n) is 7.98. The van der Waals surface area contributed by atoms with E-state index in [1.54, 1.807) is 6.08 Å². The molecular formula is C20H22ClNO2. The molecule has 0 fully saturated rings. The predicted molar refractivity (Wildman–Crippen MR) is 101 cm³/mol. The monoisotopic (exact) mass is 343 g/mol. The Morgan fingerprint density at radius 2 is 1.92 bits per heavy atom. The summed E-state index contributed by atoms with van der Waals surface area (Å²) in [6, 6.07) is 11.4. The molecule has 0 bridgehead atoms. The lowest BCUT2D eigenvalue weighted by atomic mass is 10.1. The summed E-state index contributed by atoms with van der Waals surface area (Å²) < 4.78 is 5.53. The van der Waals surface area contributed by atoms with Crippen LogP contribution in [0.2, 0.25) is 5.02 Å². The highest BCUT2D eigenvalue weighted by Crippen LogP contribution is 2.27. The summed E-state index contributed by atoms with van der Waals surface area (Å²) in [7, 11) is 0. The molecule has 0 aliphatic rings. The van der Waals surface area contributed by atoms with Gasteiger partial charge in [-0.25, -0.2) is 0 Å². The zero-order valence-electron chi connectivity index (χ0n) is 14.2. The molecule has 0 aromatic heterocycles. The summed E-state index contributed by atoms with van der Waals surface area (Å²) in [6.07, 6.45) is 4.23. The third kappa shape index (κ3) is 5.14. The smallest absolute Gasteiger partial charge is 0.248 e. The first-order chi connectivity index (χ1) is 11.5. The van der Waals surface area contributed by atoms with Crippen LogP contribution >= 0.6 is 11.6 Å². The van der Waals surface area contributed by atoms with Crippen molar-refractivity contribution < 1.29 is 9.53 Å². The number of hydrogen-bond acceptors (Lipinski definition) is 2. The van der Waals surface area contributed by atoms with Gasteiger partial charge in [0.25, 0.3) is 0 Å². The summed E-state index contributed by atoms with van der Waals surface area (Å²) in [5.74, 6) is 0.621. The number of nitrogens with one attached hydrogen (secondary N) is 1. The van der Waals surface area contributed by atoms with Crippen LogP contribution in [0.3, 0.4) is 0 Å². The number of anilines is 1. The van der Waals surface area contributed by atoms with Gasteiger partial charge in [-0.1, -0.05) is 36.7 Å². The van der Waals surface area contributed by atoms with Crippen molar-refractivity contribution >= 4 is 29.3 Å². The number of benzene rings is 2. The van der Waals surface area contributed by atoms with Crippen LogP contribution in [0.4, 0.5) is 5.69 Å². The van der Waals surface area contributed by atoms with Gasteiger partial charge in [-0.15, -0.1) is 0 Å². The third-order valence-electron chi connectivity index (χ3n) is 3.46. The van der Waals surface area contributed by atoms with E-state index in [9.17, 15) is 4.79 Å². The molecule has 0 radical (unpaired) electrons. The minimum Gasteiger partial charge on any atom is -0.494 e. The van der Waals surface area contributed by atoms with E-state index in [0.29, 0.717) is 17.3 Å². The van der Waals surface area contributed by atoms with E-state index in [1.165, 1.54) is 6.08 Å². The van der Waals surface area contributed by atoms with E-state index in [0.717, 1.165) is 28.9 Å².